The van der Waals surface area contributed by atoms with Crippen molar-refractivity contribution in [2.45, 2.75) is 24.5 Å². The van der Waals surface area contributed by atoms with Crippen LogP contribution in [0.5, 0.6) is 0 Å². The van der Waals surface area contributed by atoms with Gasteiger partial charge in [-0.1, -0.05) is 0 Å². The Kier molecular flexibility index (Phi) is 3.11. The zero-order valence-electron chi connectivity index (χ0n) is 8.68. The highest BCUT2D eigenvalue weighted by Gasteiger charge is 2.43. The molecule has 2 heterocycles. The fourth-order valence-corrected chi connectivity index (χ4v) is 1.74. The first-order valence-corrected chi connectivity index (χ1v) is 4.98. The van der Waals surface area contributed by atoms with Crippen LogP contribution >= 0.6 is 0 Å². The van der Waals surface area contributed by atoms with Crippen LogP contribution in [0.4, 0.5) is 0 Å². The Balaban J connectivity index is 2.35. The SMILES string of the molecule is O=c1cc[15n]([C@@H]2O[C@H](CO)[C@@H](O)[13C@H]2O)c(=O)[15nH]1. The number of aliphatic hydroxyl groups is 3. The molecule has 4 N–H and O–H groups in total. The molecule has 0 saturated carbocycles. The van der Waals surface area contributed by atoms with Gasteiger partial charge < -0.3 is 20.1 Å². The molecule has 1 aliphatic heterocycles. The van der Waals surface area contributed by atoms with E-state index in [4.69, 9.17) is 9.84 Å². The molecule has 1 fully saturated rings. The lowest BCUT2D eigenvalue weighted by Crippen LogP contribution is -2.37. The van der Waals surface area contributed by atoms with Crippen molar-refractivity contribution in [3.63, 3.8) is 0 Å². The third-order valence-corrected chi connectivity index (χ3v) is 2.64. The number of aliphatic hydroxyl groups excluding tert-OH is 3. The maximum absolute atomic E-state index is 11.4. The van der Waals surface area contributed by atoms with Gasteiger partial charge in [0.05, 0.1) is 6.61 Å². The van der Waals surface area contributed by atoms with Crippen molar-refractivity contribution in [2.75, 3.05) is 6.61 Å². The van der Waals surface area contributed by atoms with Crippen molar-refractivity contribution in [1.29, 1.82) is 0 Å². The normalized spacial score (nSPS) is 32.9. The summed E-state index contributed by atoms with van der Waals surface area (Å²) >= 11 is 0. The lowest BCUT2D eigenvalue weighted by atomic mass is 10.3. The van der Waals surface area contributed by atoms with E-state index in [1.54, 1.807) is 0 Å². The molecule has 0 aromatic carbocycles. The van der Waals surface area contributed by atoms with Crippen LogP contribution in [0, 0.1) is 0 Å². The van der Waals surface area contributed by atoms with Gasteiger partial charge >= 0.3 is 5.69 Å². The van der Waals surface area contributed by atoms with Crippen LogP contribution in [-0.2, 0) is 4.74 Å². The fourth-order valence-electron chi connectivity index (χ4n) is 1.74. The molecular formula is C9H12N2O6. The highest BCUT2D eigenvalue weighted by molar-refractivity contribution is 4.92. The quantitative estimate of drug-likeness (QED) is 0.417. The zero-order valence-corrected chi connectivity index (χ0v) is 8.68. The van der Waals surface area contributed by atoms with E-state index in [0.717, 1.165) is 16.8 Å². The van der Waals surface area contributed by atoms with Crippen molar-refractivity contribution in [1.82, 2.24) is 9.55 Å². The summed E-state index contributed by atoms with van der Waals surface area (Å²) in [7, 11) is 0. The van der Waals surface area contributed by atoms with E-state index in [1.807, 2.05) is 4.98 Å². The molecule has 1 aliphatic rings. The van der Waals surface area contributed by atoms with Gasteiger partial charge in [0, 0.05) is 12.3 Å². The maximum atomic E-state index is 11.4. The van der Waals surface area contributed by atoms with Crippen LogP contribution in [0.25, 0.3) is 0 Å². The van der Waals surface area contributed by atoms with E-state index in [2.05, 4.69) is 0 Å². The molecule has 0 amide bonds. The highest BCUT2D eigenvalue weighted by atomic mass is 16.6. The molecule has 1 aromatic heterocycles. The van der Waals surface area contributed by atoms with Crippen molar-refractivity contribution >= 4 is 0 Å². The second-order valence-electron chi connectivity index (χ2n) is 3.75. The summed E-state index contributed by atoms with van der Waals surface area (Å²) in [6.45, 7) is -0.479. The molecule has 0 radical (unpaired) electrons. The van der Waals surface area contributed by atoms with E-state index < -0.39 is 42.4 Å². The van der Waals surface area contributed by atoms with Gasteiger partial charge in [-0.05, 0) is 0 Å². The molecule has 94 valence electrons. The molecule has 8 heteroatoms. The molecular weight excluding hydrogens is 235 g/mol. The van der Waals surface area contributed by atoms with E-state index in [0.29, 0.717) is 0 Å². The minimum absolute atomic E-state index is 0.479. The first-order valence-electron chi connectivity index (χ1n) is 4.98. The summed E-state index contributed by atoms with van der Waals surface area (Å²) < 4.78 is 6.08. The average Bonchev–Trinajstić information content (AvgIpc) is 2.57. The van der Waals surface area contributed by atoms with Crippen LogP contribution in [0.3, 0.4) is 0 Å². The van der Waals surface area contributed by atoms with Gasteiger partial charge in [0.1, 0.15) is 18.3 Å². The van der Waals surface area contributed by atoms with Crippen molar-refractivity contribution in [2.24, 2.45) is 0 Å². The molecule has 1 aromatic rings. The summed E-state index contributed by atoms with van der Waals surface area (Å²) in [5.74, 6) is 0. The summed E-state index contributed by atoms with van der Waals surface area (Å²) in [4.78, 5) is 24.3. The Morgan fingerprint density at radius 2 is 2.06 bits per heavy atom. The zero-order chi connectivity index (χ0) is 12.6. The van der Waals surface area contributed by atoms with Crippen LogP contribution in [0.15, 0.2) is 21.9 Å². The number of hydrogen-bond acceptors (Lipinski definition) is 6. The molecule has 4 atom stereocenters. The minimum atomic E-state index is -1.35. The van der Waals surface area contributed by atoms with Gasteiger partial charge in [0.2, 0.25) is 0 Å². The fraction of sp³-hybridized carbons (Fsp3) is 0.556. The predicted octanol–water partition coefficient (Wildman–Crippen LogP) is -2.85. The van der Waals surface area contributed by atoms with Crippen LogP contribution in [0.1, 0.15) is 6.23 Å². The number of hydrogen-bond donors (Lipinski definition) is 4. The Morgan fingerprint density at radius 1 is 1.35 bits per heavy atom. The molecule has 17 heavy (non-hydrogen) atoms. The largest absolute Gasteiger partial charge is 0.394 e. The van der Waals surface area contributed by atoms with Crippen LogP contribution in [0.2, 0.25) is 0 Å². The molecule has 0 bridgehead atoms. The molecule has 8 nitrogen and oxygen atoms in total. The summed E-state index contributed by atoms with van der Waals surface area (Å²) in [6, 6.07) is 1.09. The molecule has 0 spiro atoms. The van der Waals surface area contributed by atoms with E-state index in [1.165, 1.54) is 0 Å². The van der Waals surface area contributed by atoms with Crippen molar-refractivity contribution < 1.29 is 20.1 Å². The lowest BCUT2D eigenvalue weighted by Gasteiger charge is -2.16. The monoisotopic (exact) mass is 247 g/mol. The standard InChI is InChI=1S/C9H12N2O6/c12-3-4-6(14)7(15)8(17-4)11-2-1-5(13)10-9(11)16/h1-2,4,6-8,12,14-15H,3H2,(H,10,13,16)/t4-,6-,7-,8-/m1/s1/i7+1,10+1,11+1. The number of nitrogens with zero attached hydrogens (tertiary/aromatic N) is 1. The number of nitrogens with one attached hydrogen (secondary N) is 1. The van der Waals surface area contributed by atoms with Crippen molar-refractivity contribution in [3.05, 3.63) is 33.1 Å². The number of rotatable bonds is 2. The van der Waals surface area contributed by atoms with Gasteiger partial charge in [-0.15, -0.1) is 0 Å². The number of ether oxygens (including phenoxy) is 1. The van der Waals surface area contributed by atoms with E-state index >= 15 is 0 Å². The summed E-state index contributed by atoms with van der Waals surface area (Å²) in [6.07, 6.45) is -3.58. The molecule has 1 saturated heterocycles. The van der Waals surface area contributed by atoms with Gasteiger partial charge in [0.25, 0.3) is 5.56 Å². The number of aromatic amines is 1. The summed E-state index contributed by atoms with van der Waals surface area (Å²) in [5, 5.41) is 28.1. The number of H-pyrrole nitrogens is 1. The summed E-state index contributed by atoms with van der Waals surface area (Å²) in [5.41, 5.74) is -1.33. The molecule has 0 aliphatic carbocycles. The lowest BCUT2D eigenvalue weighted by molar-refractivity contribution is -0.0550. The molecule has 0 unspecified atom stereocenters. The average molecular weight is 247 g/mol. The Hall–Kier alpha value is -1.48. The highest BCUT2D eigenvalue weighted by Crippen LogP contribution is 2.27. The van der Waals surface area contributed by atoms with Gasteiger partial charge in [-0.25, -0.2) is 4.79 Å². The van der Waals surface area contributed by atoms with Gasteiger partial charge in [-0.2, -0.15) is 0 Å². The third kappa shape index (κ3) is 2.03. The van der Waals surface area contributed by atoms with E-state index in [9.17, 15) is 19.8 Å². The first-order chi connectivity index (χ1) is 8.04. The van der Waals surface area contributed by atoms with Crippen LogP contribution < -0.4 is 11.2 Å². The predicted molar refractivity (Wildman–Crippen MR) is 54.3 cm³/mol. The van der Waals surface area contributed by atoms with Crippen molar-refractivity contribution in [3.8, 4) is 0 Å². The Labute approximate surface area is 94.7 Å². The minimum Gasteiger partial charge on any atom is -0.394 e. The Morgan fingerprint density at radius 3 is 2.59 bits per heavy atom. The number of aromatic nitrogens is 2. The topological polar surface area (TPSA) is 125 Å². The first kappa shape index (κ1) is 12.0. The second kappa shape index (κ2) is 4.41. The third-order valence-electron chi connectivity index (χ3n) is 2.64. The Bertz CT molecular complexity index is 509. The molecule has 2 rings (SSSR count). The van der Waals surface area contributed by atoms with E-state index in [-0.39, 0.29) is 0 Å². The second-order valence-corrected chi connectivity index (χ2v) is 3.75. The maximum Gasteiger partial charge on any atom is 0.330 e. The smallest absolute Gasteiger partial charge is 0.330 e. The van der Waals surface area contributed by atoms with Gasteiger partial charge in [0.15, 0.2) is 6.23 Å². The van der Waals surface area contributed by atoms with Crippen LogP contribution in [-0.4, -0.2) is 49.8 Å². The van der Waals surface area contributed by atoms with Gasteiger partial charge in [-0.3, -0.25) is 14.3 Å².